The number of carbonyl (C=O) groups excluding carboxylic acids is 1. The van der Waals surface area contributed by atoms with Gasteiger partial charge in [-0.25, -0.2) is 0 Å². The Balaban J connectivity index is 5.12. The fraction of sp³-hybridized carbons (Fsp3) is 0.812. The van der Waals surface area contributed by atoms with Gasteiger partial charge in [0.1, 0.15) is 14.4 Å². The van der Waals surface area contributed by atoms with Crippen molar-refractivity contribution >= 4 is 14.4 Å². The molecule has 0 radical (unpaired) electrons. The Morgan fingerprint density at radius 3 is 1.72 bits per heavy atom. The topological polar surface area (TPSA) is 17.1 Å². The Kier molecular flexibility index (Phi) is 7.55. The number of aldehydes is 1. The van der Waals surface area contributed by atoms with Crippen molar-refractivity contribution in [3.8, 4) is 11.5 Å². The molecule has 18 heavy (non-hydrogen) atoms. The highest BCUT2D eigenvalue weighted by molar-refractivity contribution is 6.90. The van der Waals surface area contributed by atoms with Crippen LogP contribution in [0.25, 0.3) is 0 Å². The summed E-state index contributed by atoms with van der Waals surface area (Å²) >= 11 is 0. The third-order valence-corrected chi connectivity index (χ3v) is 10.4. The second-order valence-corrected chi connectivity index (χ2v) is 11.9. The fourth-order valence-corrected chi connectivity index (χ4v) is 8.43. The van der Waals surface area contributed by atoms with Crippen molar-refractivity contribution in [3.05, 3.63) is 0 Å². The summed E-state index contributed by atoms with van der Waals surface area (Å²) in [6.07, 6.45) is 2.53. The van der Waals surface area contributed by atoms with Crippen LogP contribution < -0.4 is 0 Å². The Labute approximate surface area is 115 Å². The van der Waals surface area contributed by atoms with Gasteiger partial charge in [0.05, 0.1) is 0 Å². The zero-order chi connectivity index (χ0) is 14.3. The molecule has 0 amide bonds. The number of hydrogen-bond donors (Lipinski definition) is 0. The highest BCUT2D eigenvalue weighted by atomic mass is 28.3. The lowest BCUT2D eigenvalue weighted by atomic mass is 10.1. The minimum atomic E-state index is -1.58. The summed E-state index contributed by atoms with van der Waals surface area (Å²) < 4.78 is 0. The molecule has 0 N–H and O–H groups in total. The highest BCUT2D eigenvalue weighted by Gasteiger charge is 2.41. The van der Waals surface area contributed by atoms with Gasteiger partial charge in [0.2, 0.25) is 0 Å². The molecular formula is C16H30OSi. The standard InChI is InChI=1S/C16H30OSi/c1-13(2)18(14(3)4,15(5)6)12-10-16(7)9-8-11-17/h11,13-16H,8-9H2,1-7H3/t16-/m0/s1. The molecular weight excluding hydrogens is 236 g/mol. The smallest absolute Gasteiger partial charge is 0.145 e. The molecule has 0 aliphatic heterocycles. The lowest BCUT2D eigenvalue weighted by Crippen LogP contribution is -2.43. The van der Waals surface area contributed by atoms with Gasteiger partial charge >= 0.3 is 0 Å². The summed E-state index contributed by atoms with van der Waals surface area (Å²) in [6, 6.07) is 0. The molecule has 2 heteroatoms. The third-order valence-electron chi connectivity index (χ3n) is 4.12. The van der Waals surface area contributed by atoms with Crippen LogP contribution >= 0.6 is 0 Å². The van der Waals surface area contributed by atoms with E-state index in [9.17, 15) is 4.79 Å². The number of carbonyl (C=O) groups is 1. The lowest BCUT2D eigenvalue weighted by Gasteiger charge is -2.38. The average Bonchev–Trinajstić information content (AvgIpc) is 2.25. The summed E-state index contributed by atoms with van der Waals surface area (Å²) in [5.41, 5.74) is 5.76. The highest BCUT2D eigenvalue weighted by Crippen LogP contribution is 2.40. The first-order valence-electron chi connectivity index (χ1n) is 7.25. The molecule has 0 aromatic heterocycles. The number of hydrogen-bond acceptors (Lipinski definition) is 1. The Hall–Kier alpha value is -0.553. The summed E-state index contributed by atoms with van der Waals surface area (Å²) in [5, 5.41) is 0. The second kappa shape index (κ2) is 7.79. The van der Waals surface area contributed by atoms with Crippen LogP contribution in [0.3, 0.4) is 0 Å². The minimum Gasteiger partial charge on any atom is -0.303 e. The van der Waals surface area contributed by atoms with E-state index in [0.717, 1.165) is 12.7 Å². The largest absolute Gasteiger partial charge is 0.303 e. The monoisotopic (exact) mass is 266 g/mol. The van der Waals surface area contributed by atoms with Gasteiger partial charge in [-0.1, -0.05) is 48.5 Å². The zero-order valence-corrected chi connectivity index (χ0v) is 14.2. The fourth-order valence-electron chi connectivity index (χ4n) is 3.07. The van der Waals surface area contributed by atoms with Crippen LogP contribution in [-0.2, 0) is 4.79 Å². The van der Waals surface area contributed by atoms with Crippen LogP contribution in [0, 0.1) is 17.4 Å². The number of rotatable bonds is 6. The molecule has 0 aliphatic carbocycles. The molecule has 0 fully saturated rings. The van der Waals surface area contributed by atoms with E-state index in [1.54, 1.807) is 0 Å². The summed E-state index contributed by atoms with van der Waals surface area (Å²) in [7, 11) is -1.58. The van der Waals surface area contributed by atoms with E-state index >= 15 is 0 Å². The Morgan fingerprint density at radius 2 is 1.39 bits per heavy atom. The predicted octanol–water partition coefficient (Wildman–Crippen LogP) is 4.82. The molecule has 0 saturated carbocycles. The van der Waals surface area contributed by atoms with Crippen LogP contribution in [0.5, 0.6) is 0 Å². The summed E-state index contributed by atoms with van der Waals surface area (Å²) in [4.78, 5) is 10.4. The maximum atomic E-state index is 10.4. The Bertz CT molecular complexity index is 285. The van der Waals surface area contributed by atoms with Gasteiger partial charge in [-0.3, -0.25) is 0 Å². The van der Waals surface area contributed by atoms with E-state index in [1.807, 2.05) is 0 Å². The van der Waals surface area contributed by atoms with Crippen LogP contribution in [-0.4, -0.2) is 14.4 Å². The third kappa shape index (κ3) is 4.28. The first kappa shape index (κ1) is 17.4. The van der Waals surface area contributed by atoms with Gasteiger partial charge in [0, 0.05) is 12.3 Å². The minimum absolute atomic E-state index is 0.346. The SMILES string of the molecule is CC(C)[Si](C#C[C@@H](C)CCC=O)(C(C)C)C(C)C. The molecule has 1 nitrogen and oxygen atoms in total. The first-order valence-corrected chi connectivity index (χ1v) is 9.48. The molecule has 104 valence electrons. The van der Waals surface area contributed by atoms with Gasteiger partial charge in [-0.15, -0.1) is 11.5 Å². The summed E-state index contributed by atoms with van der Waals surface area (Å²) in [5.74, 6) is 3.80. The van der Waals surface area contributed by atoms with Crippen LogP contribution in [0.4, 0.5) is 0 Å². The molecule has 0 saturated heterocycles. The molecule has 0 aromatic carbocycles. The van der Waals surface area contributed by atoms with Gasteiger partial charge in [-0.05, 0) is 23.0 Å². The maximum Gasteiger partial charge on any atom is 0.145 e. The normalized spacial score (nSPS) is 13.7. The second-order valence-electron chi connectivity index (χ2n) is 6.31. The van der Waals surface area contributed by atoms with Gasteiger partial charge in [-0.2, -0.15) is 0 Å². The molecule has 0 heterocycles. The molecule has 0 bridgehead atoms. The maximum absolute atomic E-state index is 10.4. The lowest BCUT2D eigenvalue weighted by molar-refractivity contribution is -0.108. The van der Waals surface area contributed by atoms with Crippen molar-refractivity contribution in [1.29, 1.82) is 0 Å². The van der Waals surface area contributed by atoms with E-state index in [2.05, 4.69) is 59.9 Å². The van der Waals surface area contributed by atoms with E-state index in [0.29, 0.717) is 29.0 Å². The van der Waals surface area contributed by atoms with Crippen molar-refractivity contribution in [2.75, 3.05) is 0 Å². The molecule has 0 aromatic rings. The van der Waals surface area contributed by atoms with Crippen LogP contribution in [0.2, 0.25) is 16.6 Å². The van der Waals surface area contributed by atoms with E-state index in [4.69, 9.17) is 0 Å². The van der Waals surface area contributed by atoms with Crippen molar-refractivity contribution in [2.45, 2.75) is 77.9 Å². The predicted molar refractivity (Wildman–Crippen MR) is 83.3 cm³/mol. The molecule has 0 aliphatic rings. The average molecular weight is 267 g/mol. The van der Waals surface area contributed by atoms with Gasteiger partial charge in [0.15, 0.2) is 0 Å². The quantitative estimate of drug-likeness (QED) is 0.382. The molecule has 0 rings (SSSR count). The van der Waals surface area contributed by atoms with Crippen LogP contribution in [0.1, 0.15) is 61.3 Å². The first-order chi connectivity index (χ1) is 8.28. The molecule has 0 spiro atoms. The zero-order valence-electron chi connectivity index (χ0n) is 13.2. The van der Waals surface area contributed by atoms with Crippen LogP contribution in [0.15, 0.2) is 0 Å². The van der Waals surface area contributed by atoms with Gasteiger partial charge in [0.25, 0.3) is 0 Å². The van der Waals surface area contributed by atoms with Gasteiger partial charge < -0.3 is 4.79 Å². The molecule has 1 atom stereocenters. The van der Waals surface area contributed by atoms with E-state index < -0.39 is 8.07 Å². The van der Waals surface area contributed by atoms with Crippen molar-refractivity contribution < 1.29 is 4.79 Å². The van der Waals surface area contributed by atoms with Crippen molar-refractivity contribution in [1.82, 2.24) is 0 Å². The van der Waals surface area contributed by atoms with Crippen molar-refractivity contribution in [3.63, 3.8) is 0 Å². The van der Waals surface area contributed by atoms with E-state index in [1.165, 1.54) is 0 Å². The van der Waals surface area contributed by atoms with Crippen molar-refractivity contribution in [2.24, 2.45) is 5.92 Å². The summed E-state index contributed by atoms with van der Waals surface area (Å²) in [6.45, 7) is 16.1. The van der Waals surface area contributed by atoms with E-state index in [-0.39, 0.29) is 0 Å². The Morgan fingerprint density at radius 1 is 0.944 bits per heavy atom. The molecule has 0 unspecified atom stereocenters.